The number of benzene rings is 1. The molecule has 25 heavy (non-hydrogen) atoms. The Labute approximate surface area is 150 Å². The van der Waals surface area contributed by atoms with Crippen LogP contribution in [0.3, 0.4) is 0 Å². The summed E-state index contributed by atoms with van der Waals surface area (Å²) in [5, 5.41) is 3.39. The second-order valence-corrected chi connectivity index (χ2v) is 6.26. The molecule has 1 heterocycles. The SMILES string of the molecule is CN=C(NCCCCn1ccccc1=O)N(C)Cc1ccc(C)cc1. The van der Waals surface area contributed by atoms with E-state index in [4.69, 9.17) is 0 Å². The molecule has 1 aromatic heterocycles. The van der Waals surface area contributed by atoms with Gasteiger partial charge in [-0.25, -0.2) is 0 Å². The number of unbranched alkanes of at least 4 members (excludes halogenated alkanes) is 1. The third-order valence-corrected chi connectivity index (χ3v) is 4.12. The van der Waals surface area contributed by atoms with E-state index >= 15 is 0 Å². The first kappa shape index (κ1) is 18.8. The van der Waals surface area contributed by atoms with Crippen LogP contribution in [-0.4, -0.2) is 36.1 Å². The highest BCUT2D eigenvalue weighted by Crippen LogP contribution is 2.06. The lowest BCUT2D eigenvalue weighted by Crippen LogP contribution is -2.38. The smallest absolute Gasteiger partial charge is 0.250 e. The van der Waals surface area contributed by atoms with E-state index in [0.29, 0.717) is 0 Å². The molecule has 0 saturated heterocycles. The van der Waals surface area contributed by atoms with Crippen LogP contribution in [0.25, 0.3) is 0 Å². The van der Waals surface area contributed by atoms with E-state index in [1.807, 2.05) is 19.3 Å². The van der Waals surface area contributed by atoms with Gasteiger partial charge in [0.05, 0.1) is 0 Å². The minimum Gasteiger partial charge on any atom is -0.356 e. The zero-order chi connectivity index (χ0) is 18.1. The van der Waals surface area contributed by atoms with Gasteiger partial charge in [-0.3, -0.25) is 9.79 Å². The number of pyridine rings is 1. The van der Waals surface area contributed by atoms with E-state index in [1.165, 1.54) is 11.1 Å². The summed E-state index contributed by atoms with van der Waals surface area (Å²) < 4.78 is 1.75. The van der Waals surface area contributed by atoms with Crippen molar-refractivity contribution < 1.29 is 0 Å². The van der Waals surface area contributed by atoms with Crippen molar-refractivity contribution in [2.24, 2.45) is 4.99 Å². The maximum Gasteiger partial charge on any atom is 0.250 e. The average Bonchev–Trinajstić information content (AvgIpc) is 2.61. The molecule has 0 fully saturated rings. The van der Waals surface area contributed by atoms with Crippen molar-refractivity contribution in [3.8, 4) is 0 Å². The van der Waals surface area contributed by atoms with Crippen LogP contribution >= 0.6 is 0 Å². The second kappa shape index (κ2) is 9.67. The first-order valence-corrected chi connectivity index (χ1v) is 8.73. The summed E-state index contributed by atoms with van der Waals surface area (Å²) in [4.78, 5) is 18.1. The summed E-state index contributed by atoms with van der Waals surface area (Å²) >= 11 is 0. The molecule has 0 saturated carbocycles. The highest BCUT2D eigenvalue weighted by atomic mass is 16.1. The van der Waals surface area contributed by atoms with Crippen molar-refractivity contribution in [2.45, 2.75) is 32.9 Å². The lowest BCUT2D eigenvalue weighted by Gasteiger charge is -2.22. The summed E-state index contributed by atoms with van der Waals surface area (Å²) in [6.45, 7) is 4.50. The molecule has 1 aromatic carbocycles. The predicted octanol–water partition coefficient (Wildman–Crippen LogP) is 2.64. The maximum atomic E-state index is 11.6. The number of aromatic nitrogens is 1. The molecule has 0 aliphatic rings. The molecule has 0 aliphatic heterocycles. The molecule has 0 aliphatic carbocycles. The number of nitrogens with one attached hydrogen (secondary N) is 1. The first-order chi connectivity index (χ1) is 12.1. The number of guanidine groups is 1. The number of aliphatic imine (C=N–C) groups is 1. The van der Waals surface area contributed by atoms with Gasteiger partial charge in [0.15, 0.2) is 5.96 Å². The minimum atomic E-state index is 0.0594. The molecular weight excluding hydrogens is 312 g/mol. The van der Waals surface area contributed by atoms with Crippen LogP contribution < -0.4 is 10.9 Å². The van der Waals surface area contributed by atoms with Gasteiger partial charge in [-0.05, 0) is 31.4 Å². The monoisotopic (exact) mass is 340 g/mol. The van der Waals surface area contributed by atoms with Crippen LogP contribution in [-0.2, 0) is 13.1 Å². The summed E-state index contributed by atoms with van der Waals surface area (Å²) in [6.07, 6.45) is 3.78. The normalized spacial score (nSPS) is 11.4. The Bertz CT molecular complexity index is 734. The summed E-state index contributed by atoms with van der Waals surface area (Å²) in [6, 6.07) is 13.8. The third-order valence-electron chi connectivity index (χ3n) is 4.12. The van der Waals surface area contributed by atoms with Gasteiger partial charge >= 0.3 is 0 Å². The van der Waals surface area contributed by atoms with Gasteiger partial charge < -0.3 is 14.8 Å². The van der Waals surface area contributed by atoms with Crippen LogP contribution in [0.15, 0.2) is 58.4 Å². The Balaban J connectivity index is 1.73. The van der Waals surface area contributed by atoms with E-state index in [0.717, 1.165) is 38.4 Å². The summed E-state index contributed by atoms with van der Waals surface area (Å²) in [5.41, 5.74) is 2.59. The Morgan fingerprint density at radius 2 is 1.92 bits per heavy atom. The Kier molecular flexibility index (Phi) is 7.26. The molecule has 0 amide bonds. The number of hydrogen-bond acceptors (Lipinski definition) is 2. The van der Waals surface area contributed by atoms with Crippen molar-refractivity contribution in [3.05, 3.63) is 70.1 Å². The second-order valence-electron chi connectivity index (χ2n) is 6.26. The molecule has 0 atom stereocenters. The molecule has 2 aromatic rings. The predicted molar refractivity (Wildman–Crippen MR) is 104 cm³/mol. The van der Waals surface area contributed by atoms with E-state index < -0.39 is 0 Å². The van der Waals surface area contributed by atoms with Crippen molar-refractivity contribution in [1.82, 2.24) is 14.8 Å². The van der Waals surface area contributed by atoms with Crippen LogP contribution in [0.1, 0.15) is 24.0 Å². The topological polar surface area (TPSA) is 49.6 Å². The summed E-state index contributed by atoms with van der Waals surface area (Å²) in [7, 11) is 3.84. The van der Waals surface area contributed by atoms with Crippen LogP contribution in [0.2, 0.25) is 0 Å². The van der Waals surface area contributed by atoms with E-state index in [-0.39, 0.29) is 5.56 Å². The average molecular weight is 340 g/mol. The van der Waals surface area contributed by atoms with E-state index in [1.54, 1.807) is 23.7 Å². The molecule has 5 heteroatoms. The zero-order valence-corrected chi connectivity index (χ0v) is 15.4. The van der Waals surface area contributed by atoms with Crippen molar-refractivity contribution in [3.63, 3.8) is 0 Å². The number of nitrogens with zero attached hydrogens (tertiary/aromatic N) is 3. The first-order valence-electron chi connectivity index (χ1n) is 8.73. The quantitative estimate of drug-likeness (QED) is 0.479. The largest absolute Gasteiger partial charge is 0.356 e. The number of hydrogen-bond donors (Lipinski definition) is 1. The maximum absolute atomic E-state index is 11.6. The highest BCUT2D eigenvalue weighted by Gasteiger charge is 2.06. The molecule has 0 bridgehead atoms. The van der Waals surface area contributed by atoms with Crippen molar-refractivity contribution >= 4 is 5.96 Å². The number of aryl methyl sites for hydroxylation is 2. The van der Waals surface area contributed by atoms with Gasteiger partial charge in [0.2, 0.25) is 5.56 Å². The van der Waals surface area contributed by atoms with Gasteiger partial charge in [-0.1, -0.05) is 35.9 Å². The Morgan fingerprint density at radius 3 is 2.60 bits per heavy atom. The summed E-state index contributed by atoms with van der Waals surface area (Å²) in [5.74, 6) is 0.887. The highest BCUT2D eigenvalue weighted by molar-refractivity contribution is 5.79. The molecular formula is C20H28N4O. The minimum absolute atomic E-state index is 0.0594. The van der Waals surface area contributed by atoms with E-state index in [9.17, 15) is 4.79 Å². The van der Waals surface area contributed by atoms with Crippen LogP contribution in [0, 0.1) is 6.92 Å². The molecule has 0 unspecified atom stereocenters. The lowest BCUT2D eigenvalue weighted by molar-refractivity contribution is 0.473. The molecule has 134 valence electrons. The lowest BCUT2D eigenvalue weighted by atomic mass is 10.1. The van der Waals surface area contributed by atoms with Crippen molar-refractivity contribution in [1.29, 1.82) is 0 Å². The third kappa shape index (κ3) is 6.10. The van der Waals surface area contributed by atoms with Crippen LogP contribution in [0.4, 0.5) is 0 Å². The fraction of sp³-hybridized carbons (Fsp3) is 0.400. The van der Waals surface area contributed by atoms with E-state index in [2.05, 4.69) is 46.4 Å². The standard InChI is InChI=1S/C20H28N4O/c1-17-9-11-18(12-10-17)16-23(3)20(21-2)22-13-5-7-15-24-14-6-4-8-19(24)25/h4,6,8-12,14H,5,7,13,15-16H2,1-3H3,(H,21,22). The Morgan fingerprint density at radius 1 is 1.16 bits per heavy atom. The van der Waals surface area contributed by atoms with Gasteiger partial charge in [0, 0.05) is 46.0 Å². The van der Waals surface area contributed by atoms with Gasteiger partial charge in [-0.15, -0.1) is 0 Å². The zero-order valence-electron chi connectivity index (χ0n) is 15.4. The molecule has 0 spiro atoms. The molecule has 0 radical (unpaired) electrons. The molecule has 2 rings (SSSR count). The molecule has 1 N–H and O–H groups in total. The fourth-order valence-electron chi connectivity index (χ4n) is 2.68. The van der Waals surface area contributed by atoms with Gasteiger partial charge in [0.25, 0.3) is 0 Å². The van der Waals surface area contributed by atoms with Gasteiger partial charge in [0.1, 0.15) is 0 Å². The molecule has 5 nitrogen and oxygen atoms in total. The number of rotatable bonds is 7. The van der Waals surface area contributed by atoms with Crippen molar-refractivity contribution in [2.75, 3.05) is 20.6 Å². The Hall–Kier alpha value is -2.56. The van der Waals surface area contributed by atoms with Gasteiger partial charge in [-0.2, -0.15) is 0 Å². The van der Waals surface area contributed by atoms with Crippen LogP contribution in [0.5, 0.6) is 0 Å². The fourth-order valence-corrected chi connectivity index (χ4v) is 2.68.